The molecular weight excluding hydrogens is 475 g/mol. The molecule has 33 heavy (non-hydrogen) atoms. The Morgan fingerprint density at radius 3 is 2.55 bits per heavy atom. The molecule has 166 valence electrons. The van der Waals surface area contributed by atoms with Gasteiger partial charge in [-0.2, -0.15) is 4.98 Å². The average Bonchev–Trinajstić information content (AvgIpc) is 3.52. The molecule has 0 spiro atoms. The number of thiocarbonyl (C=S) groups is 1. The molecule has 1 atom stereocenters. The monoisotopic (exact) mass is 494 g/mol. The Morgan fingerprint density at radius 2 is 1.88 bits per heavy atom. The lowest BCUT2D eigenvalue weighted by molar-refractivity contribution is 0.404. The van der Waals surface area contributed by atoms with Gasteiger partial charge in [0.05, 0.1) is 16.5 Å². The third kappa shape index (κ3) is 4.19. The van der Waals surface area contributed by atoms with Crippen molar-refractivity contribution in [2.24, 2.45) is 0 Å². The quantitative estimate of drug-likeness (QED) is 0.250. The zero-order valence-electron chi connectivity index (χ0n) is 17.8. The van der Waals surface area contributed by atoms with Gasteiger partial charge in [-0.1, -0.05) is 23.4 Å². The summed E-state index contributed by atoms with van der Waals surface area (Å²) in [6.07, 6.45) is 2.05. The van der Waals surface area contributed by atoms with Crippen molar-refractivity contribution in [1.82, 2.24) is 15.5 Å². The minimum absolute atomic E-state index is 0.276. The van der Waals surface area contributed by atoms with Gasteiger partial charge in [-0.05, 0) is 78.8 Å². The van der Waals surface area contributed by atoms with Gasteiger partial charge in [0.1, 0.15) is 5.82 Å². The van der Waals surface area contributed by atoms with Gasteiger partial charge < -0.3 is 9.84 Å². The van der Waals surface area contributed by atoms with Crippen molar-refractivity contribution in [2.45, 2.75) is 17.9 Å². The molecule has 5 rings (SSSR count). The highest BCUT2D eigenvalue weighted by atomic mass is 32.2. The number of thioether (sulfide) groups is 1. The fourth-order valence-electron chi connectivity index (χ4n) is 3.81. The van der Waals surface area contributed by atoms with E-state index in [9.17, 15) is 4.39 Å². The number of allylic oxidation sites excluding steroid dienone is 1. The maximum atomic E-state index is 13.6. The van der Waals surface area contributed by atoms with Gasteiger partial charge in [-0.25, -0.2) is 4.39 Å². The number of nitrogens with one attached hydrogen (secondary N) is 1. The Balaban J connectivity index is 1.64. The van der Waals surface area contributed by atoms with Gasteiger partial charge in [0.15, 0.2) is 5.11 Å². The molecule has 0 bridgehead atoms. The highest BCUT2D eigenvalue weighted by Gasteiger charge is 2.34. The van der Waals surface area contributed by atoms with E-state index >= 15 is 0 Å². The third-order valence-electron chi connectivity index (χ3n) is 5.42. The summed E-state index contributed by atoms with van der Waals surface area (Å²) in [6.45, 7) is 1.96. The molecule has 2 aromatic heterocycles. The van der Waals surface area contributed by atoms with Crippen molar-refractivity contribution in [3.8, 4) is 10.7 Å². The van der Waals surface area contributed by atoms with Crippen LogP contribution in [0.25, 0.3) is 16.3 Å². The van der Waals surface area contributed by atoms with Gasteiger partial charge >= 0.3 is 0 Å². The molecule has 0 aliphatic carbocycles. The first-order valence-corrected chi connectivity index (χ1v) is 12.7. The fraction of sp³-hybridized carbons (Fsp3) is 0.125. The third-order valence-corrected chi connectivity index (χ3v) is 7.33. The number of anilines is 1. The molecule has 0 saturated heterocycles. The minimum Gasteiger partial charge on any atom is -0.351 e. The zero-order valence-corrected chi connectivity index (χ0v) is 20.2. The summed E-state index contributed by atoms with van der Waals surface area (Å²) in [5, 5.41) is 10.1. The van der Waals surface area contributed by atoms with E-state index in [0.29, 0.717) is 16.8 Å². The second-order valence-corrected chi connectivity index (χ2v) is 9.58. The predicted molar refractivity (Wildman–Crippen MR) is 136 cm³/mol. The van der Waals surface area contributed by atoms with Gasteiger partial charge in [-0.3, -0.25) is 4.90 Å². The average molecular weight is 495 g/mol. The molecule has 0 radical (unpaired) electrons. The molecule has 1 unspecified atom stereocenters. The van der Waals surface area contributed by atoms with Gasteiger partial charge in [-0.15, -0.1) is 23.1 Å². The minimum atomic E-state index is -0.305. The van der Waals surface area contributed by atoms with Crippen LogP contribution in [-0.2, 0) is 0 Å². The summed E-state index contributed by atoms with van der Waals surface area (Å²) in [6, 6.07) is 18.2. The van der Waals surface area contributed by atoms with Crippen LogP contribution in [0.5, 0.6) is 0 Å². The molecule has 2 aromatic carbocycles. The molecular formula is C24H19FN4OS3. The summed E-state index contributed by atoms with van der Waals surface area (Å²) in [5.74, 6) is 0.649. The van der Waals surface area contributed by atoms with Crippen LogP contribution in [0.4, 0.5) is 10.1 Å². The van der Waals surface area contributed by atoms with Crippen molar-refractivity contribution < 1.29 is 8.91 Å². The number of aromatic nitrogens is 2. The van der Waals surface area contributed by atoms with E-state index in [1.165, 1.54) is 17.0 Å². The van der Waals surface area contributed by atoms with E-state index in [4.69, 9.17) is 21.7 Å². The second-order valence-electron chi connectivity index (χ2n) is 7.37. The van der Waals surface area contributed by atoms with E-state index in [1.54, 1.807) is 35.2 Å². The molecule has 0 fully saturated rings. The molecule has 1 N–H and O–H groups in total. The molecule has 5 nitrogen and oxygen atoms in total. The van der Waals surface area contributed by atoms with Gasteiger partial charge in [0, 0.05) is 16.3 Å². The number of halogens is 1. The highest BCUT2D eigenvalue weighted by Crippen LogP contribution is 2.39. The van der Waals surface area contributed by atoms with Crippen LogP contribution in [0.2, 0.25) is 0 Å². The molecule has 4 aromatic rings. The number of nitrogens with zero attached hydrogens (tertiary/aromatic N) is 3. The Bertz CT molecular complexity index is 1310. The summed E-state index contributed by atoms with van der Waals surface area (Å²) in [4.78, 5) is 8.67. The van der Waals surface area contributed by atoms with E-state index < -0.39 is 0 Å². The number of hydrogen-bond donors (Lipinski definition) is 1. The lowest BCUT2D eigenvalue weighted by Crippen LogP contribution is -2.46. The Hall–Kier alpha value is -3.01. The number of benzene rings is 2. The molecule has 0 saturated carbocycles. The summed E-state index contributed by atoms with van der Waals surface area (Å²) >= 11 is 8.97. The fourth-order valence-corrected chi connectivity index (χ4v) is 5.22. The van der Waals surface area contributed by atoms with Crippen molar-refractivity contribution in [3.05, 3.63) is 89.0 Å². The SMILES string of the molecule is CSc1ccc(C2NC(=S)N(c3ccc(F)cc3)C(C)=C2c2nc(-c3cccs3)no2)cc1. The first kappa shape index (κ1) is 21.8. The van der Waals surface area contributed by atoms with E-state index in [1.807, 2.05) is 35.6 Å². The van der Waals surface area contributed by atoms with Crippen molar-refractivity contribution in [2.75, 3.05) is 11.2 Å². The van der Waals surface area contributed by atoms with Gasteiger partial charge in [0.2, 0.25) is 5.82 Å². The molecule has 1 aliphatic rings. The lowest BCUT2D eigenvalue weighted by atomic mass is 9.94. The topological polar surface area (TPSA) is 54.2 Å². The molecule has 3 heterocycles. The second kappa shape index (κ2) is 9.09. The number of hydrogen-bond acceptors (Lipinski definition) is 6. The Kier molecular flexibility index (Phi) is 6.01. The summed E-state index contributed by atoms with van der Waals surface area (Å²) < 4.78 is 19.3. The summed E-state index contributed by atoms with van der Waals surface area (Å²) in [7, 11) is 0. The van der Waals surface area contributed by atoms with Crippen molar-refractivity contribution >= 4 is 51.7 Å². The van der Waals surface area contributed by atoms with Crippen molar-refractivity contribution in [1.29, 1.82) is 0 Å². The summed E-state index contributed by atoms with van der Waals surface area (Å²) in [5.41, 5.74) is 3.43. The van der Waals surface area contributed by atoms with Crippen LogP contribution in [0, 0.1) is 5.82 Å². The van der Waals surface area contributed by atoms with Crippen LogP contribution in [0.3, 0.4) is 0 Å². The maximum absolute atomic E-state index is 13.6. The number of thiophene rings is 1. The first-order chi connectivity index (χ1) is 16.0. The van der Waals surface area contributed by atoms with E-state index in [2.05, 4.69) is 34.7 Å². The van der Waals surface area contributed by atoms with Crippen molar-refractivity contribution in [3.63, 3.8) is 0 Å². The highest BCUT2D eigenvalue weighted by molar-refractivity contribution is 7.98. The van der Waals surface area contributed by atoms with Crippen LogP contribution >= 0.6 is 35.3 Å². The van der Waals surface area contributed by atoms with Gasteiger partial charge in [0.25, 0.3) is 5.89 Å². The molecule has 1 aliphatic heterocycles. The van der Waals surface area contributed by atoms with Crippen LogP contribution in [0.1, 0.15) is 24.4 Å². The Morgan fingerprint density at radius 1 is 1.12 bits per heavy atom. The standard InChI is InChI=1S/C24H19FN4OS3/c1-14-20(23-27-22(28-30-23)19-4-3-13-33-19)21(15-5-11-18(32-2)12-6-15)26-24(31)29(14)17-9-7-16(25)8-10-17/h3-13,21H,1-2H3,(H,26,31). The Labute approximate surface area is 204 Å². The lowest BCUT2D eigenvalue weighted by Gasteiger charge is -2.37. The largest absolute Gasteiger partial charge is 0.351 e. The zero-order chi connectivity index (χ0) is 22.9. The molecule has 9 heteroatoms. The first-order valence-electron chi connectivity index (χ1n) is 10.1. The van der Waals surface area contributed by atoms with Crippen LogP contribution < -0.4 is 10.2 Å². The maximum Gasteiger partial charge on any atom is 0.258 e. The number of rotatable bonds is 5. The van der Waals surface area contributed by atoms with E-state index in [-0.39, 0.29) is 11.9 Å². The molecule has 0 amide bonds. The normalized spacial score (nSPS) is 16.3. The smallest absolute Gasteiger partial charge is 0.258 e. The van der Waals surface area contributed by atoms with Crippen LogP contribution in [-0.4, -0.2) is 21.5 Å². The predicted octanol–water partition coefficient (Wildman–Crippen LogP) is 6.53. The van der Waals surface area contributed by atoms with Crippen LogP contribution in [0.15, 0.2) is 81.2 Å². The van der Waals surface area contributed by atoms with E-state index in [0.717, 1.165) is 27.4 Å².